The molecule has 1 aliphatic rings. The van der Waals surface area contributed by atoms with Crippen LogP contribution >= 0.6 is 11.6 Å². The van der Waals surface area contributed by atoms with E-state index in [0.717, 1.165) is 12.1 Å². The highest BCUT2D eigenvalue weighted by molar-refractivity contribution is 6.17. The summed E-state index contributed by atoms with van der Waals surface area (Å²) < 4.78 is 51.7. The molecule has 1 heterocycles. The van der Waals surface area contributed by atoms with Crippen LogP contribution in [-0.4, -0.2) is 54.5 Å². The minimum atomic E-state index is -4.62. The Morgan fingerprint density at radius 1 is 1.21 bits per heavy atom. The van der Waals surface area contributed by atoms with Crippen molar-refractivity contribution < 1.29 is 32.4 Å². The molecule has 0 aliphatic carbocycles. The number of ether oxygens (including phenoxy) is 2. The zero-order valence-corrected chi connectivity index (χ0v) is 18.8. The van der Waals surface area contributed by atoms with Crippen molar-refractivity contribution >= 4 is 28.9 Å². The lowest BCUT2D eigenvalue weighted by Gasteiger charge is -2.27. The second kappa shape index (κ2) is 11.5. The van der Waals surface area contributed by atoms with Gasteiger partial charge in [-0.05, 0) is 36.2 Å². The molecule has 2 aromatic carbocycles. The molecule has 0 aromatic heterocycles. The van der Waals surface area contributed by atoms with Gasteiger partial charge in [0.1, 0.15) is 0 Å². The zero-order valence-electron chi connectivity index (χ0n) is 18.1. The van der Waals surface area contributed by atoms with Crippen LogP contribution in [0.25, 0.3) is 0 Å². The van der Waals surface area contributed by atoms with Crippen LogP contribution < -0.4 is 10.1 Å². The minimum Gasteiger partial charge on any atom is -0.487 e. The standard InChI is InChI=1S/C22H23ClF3N3O5/c23-6-1-9-34-20-5-3-15(12-19(20)29(31)32)21(30)27-17-4-2-16(18(13-17)22(24,25)26)14-28-7-10-33-11-8-28/h2-5,12-13H,1,6-11,14H2,(H,27,30). The molecule has 1 amide bonds. The third-order valence-corrected chi connectivity index (χ3v) is 5.39. The molecule has 1 fully saturated rings. The van der Waals surface area contributed by atoms with Crippen LogP contribution in [-0.2, 0) is 17.5 Å². The minimum absolute atomic E-state index is 0.0292. The van der Waals surface area contributed by atoms with E-state index in [1.54, 1.807) is 0 Å². The van der Waals surface area contributed by atoms with Gasteiger partial charge in [-0.15, -0.1) is 11.6 Å². The van der Waals surface area contributed by atoms with Crippen LogP contribution in [0, 0.1) is 10.1 Å². The highest BCUT2D eigenvalue weighted by Gasteiger charge is 2.34. The second-order valence-electron chi connectivity index (χ2n) is 7.54. The SMILES string of the molecule is O=C(Nc1ccc(CN2CCOCC2)c(C(F)(F)F)c1)c1ccc(OCCCCl)c([N+](=O)[O-])c1. The van der Waals surface area contributed by atoms with Crippen LogP contribution in [0.1, 0.15) is 27.9 Å². The summed E-state index contributed by atoms with van der Waals surface area (Å²) in [6.07, 6.45) is -4.15. The lowest BCUT2D eigenvalue weighted by molar-refractivity contribution is -0.385. The Hall–Kier alpha value is -2.89. The highest BCUT2D eigenvalue weighted by Crippen LogP contribution is 2.35. The molecule has 1 aliphatic heterocycles. The van der Waals surface area contributed by atoms with Gasteiger partial charge in [0.15, 0.2) is 5.75 Å². The Kier molecular flexibility index (Phi) is 8.70. The number of hydrogen-bond donors (Lipinski definition) is 1. The maximum atomic E-state index is 13.7. The lowest BCUT2D eigenvalue weighted by atomic mass is 10.0. The van der Waals surface area contributed by atoms with E-state index in [2.05, 4.69) is 5.32 Å². The fourth-order valence-corrected chi connectivity index (χ4v) is 3.53. The number of morpholine rings is 1. The molecular formula is C22H23ClF3N3O5. The monoisotopic (exact) mass is 501 g/mol. The Bertz CT molecular complexity index is 1030. The van der Waals surface area contributed by atoms with Crippen molar-refractivity contribution in [3.05, 3.63) is 63.2 Å². The fraction of sp³-hybridized carbons (Fsp3) is 0.409. The topological polar surface area (TPSA) is 93.9 Å². The quantitative estimate of drug-likeness (QED) is 0.231. The fourth-order valence-electron chi connectivity index (χ4n) is 3.42. The normalized spacial score (nSPS) is 14.6. The third kappa shape index (κ3) is 6.81. The summed E-state index contributed by atoms with van der Waals surface area (Å²) in [5, 5.41) is 13.8. The maximum Gasteiger partial charge on any atom is 0.416 e. The number of carbonyl (C=O) groups excluding carboxylic acids is 1. The zero-order chi connectivity index (χ0) is 24.7. The molecule has 184 valence electrons. The number of alkyl halides is 4. The first-order chi connectivity index (χ1) is 16.2. The van der Waals surface area contributed by atoms with Crippen LogP contribution in [0.3, 0.4) is 0 Å². The average molecular weight is 502 g/mol. The van der Waals surface area contributed by atoms with E-state index >= 15 is 0 Å². The van der Waals surface area contributed by atoms with E-state index in [9.17, 15) is 28.1 Å². The van der Waals surface area contributed by atoms with Gasteiger partial charge in [0.2, 0.25) is 0 Å². The van der Waals surface area contributed by atoms with Crippen molar-refractivity contribution in [2.45, 2.75) is 19.1 Å². The van der Waals surface area contributed by atoms with Gasteiger partial charge < -0.3 is 14.8 Å². The Morgan fingerprint density at radius 3 is 2.59 bits per heavy atom. The predicted octanol–water partition coefficient (Wildman–Crippen LogP) is 4.71. The average Bonchev–Trinajstić information content (AvgIpc) is 2.80. The van der Waals surface area contributed by atoms with Crippen molar-refractivity contribution in [1.29, 1.82) is 0 Å². The Balaban J connectivity index is 1.79. The number of nitro groups is 1. The number of anilines is 1. The van der Waals surface area contributed by atoms with Gasteiger partial charge in [-0.2, -0.15) is 13.2 Å². The Morgan fingerprint density at radius 2 is 1.94 bits per heavy atom. The molecule has 0 radical (unpaired) electrons. The molecule has 0 unspecified atom stereocenters. The number of nitrogens with zero attached hydrogens (tertiary/aromatic N) is 2. The third-order valence-electron chi connectivity index (χ3n) is 5.12. The molecule has 0 saturated carbocycles. The smallest absolute Gasteiger partial charge is 0.416 e. The van der Waals surface area contributed by atoms with Crippen molar-refractivity contribution in [2.75, 3.05) is 44.1 Å². The maximum absolute atomic E-state index is 13.7. The number of rotatable bonds is 9. The molecule has 0 bridgehead atoms. The van der Waals surface area contributed by atoms with Crippen molar-refractivity contribution in [2.24, 2.45) is 0 Å². The van der Waals surface area contributed by atoms with Gasteiger partial charge in [0.05, 0.1) is 30.3 Å². The summed E-state index contributed by atoms with van der Waals surface area (Å²) in [4.78, 5) is 25.2. The number of benzene rings is 2. The lowest BCUT2D eigenvalue weighted by Crippen LogP contribution is -2.36. The summed E-state index contributed by atoms with van der Waals surface area (Å²) in [6.45, 7) is 2.23. The van der Waals surface area contributed by atoms with E-state index < -0.39 is 28.3 Å². The Labute approximate surface area is 198 Å². The largest absolute Gasteiger partial charge is 0.487 e. The van der Waals surface area contributed by atoms with Crippen LogP contribution in [0.2, 0.25) is 0 Å². The van der Waals surface area contributed by atoms with E-state index in [1.165, 1.54) is 24.3 Å². The summed E-state index contributed by atoms with van der Waals surface area (Å²) >= 11 is 5.57. The van der Waals surface area contributed by atoms with Crippen LogP contribution in [0.5, 0.6) is 5.75 Å². The van der Waals surface area contributed by atoms with Gasteiger partial charge in [0, 0.05) is 42.8 Å². The predicted molar refractivity (Wildman–Crippen MR) is 119 cm³/mol. The molecular weight excluding hydrogens is 479 g/mol. The molecule has 1 N–H and O–H groups in total. The van der Waals surface area contributed by atoms with Gasteiger partial charge >= 0.3 is 11.9 Å². The van der Waals surface area contributed by atoms with Crippen molar-refractivity contribution in [1.82, 2.24) is 4.90 Å². The number of amides is 1. The van der Waals surface area contributed by atoms with E-state index in [0.29, 0.717) is 38.6 Å². The first kappa shape index (κ1) is 25.7. The summed E-state index contributed by atoms with van der Waals surface area (Å²) in [5.74, 6) is -0.498. The van der Waals surface area contributed by atoms with E-state index in [1.807, 2.05) is 4.90 Å². The van der Waals surface area contributed by atoms with Gasteiger partial charge in [0.25, 0.3) is 5.91 Å². The first-order valence-corrected chi connectivity index (χ1v) is 11.0. The number of nitrogens with one attached hydrogen (secondary N) is 1. The van der Waals surface area contributed by atoms with Crippen LogP contribution in [0.15, 0.2) is 36.4 Å². The molecule has 8 nitrogen and oxygen atoms in total. The second-order valence-corrected chi connectivity index (χ2v) is 7.92. The van der Waals surface area contributed by atoms with Gasteiger partial charge in [-0.3, -0.25) is 19.8 Å². The molecule has 1 saturated heterocycles. The molecule has 0 spiro atoms. The van der Waals surface area contributed by atoms with E-state index in [-0.39, 0.29) is 35.7 Å². The molecule has 3 rings (SSSR count). The van der Waals surface area contributed by atoms with Gasteiger partial charge in [-0.1, -0.05) is 6.07 Å². The van der Waals surface area contributed by atoms with Crippen molar-refractivity contribution in [3.63, 3.8) is 0 Å². The van der Waals surface area contributed by atoms with Crippen molar-refractivity contribution in [3.8, 4) is 5.75 Å². The number of halogens is 4. The summed E-state index contributed by atoms with van der Waals surface area (Å²) in [6, 6.07) is 7.16. The number of hydrogen-bond acceptors (Lipinski definition) is 6. The summed E-state index contributed by atoms with van der Waals surface area (Å²) in [7, 11) is 0. The first-order valence-electron chi connectivity index (χ1n) is 10.5. The van der Waals surface area contributed by atoms with Crippen LogP contribution in [0.4, 0.5) is 24.5 Å². The molecule has 2 aromatic rings. The highest BCUT2D eigenvalue weighted by atomic mass is 35.5. The van der Waals surface area contributed by atoms with Gasteiger partial charge in [-0.25, -0.2) is 0 Å². The van der Waals surface area contributed by atoms with E-state index in [4.69, 9.17) is 21.1 Å². The molecule has 34 heavy (non-hydrogen) atoms. The number of nitro benzene ring substituents is 1. The molecule has 12 heteroatoms. The molecule has 0 atom stereocenters. The number of carbonyl (C=O) groups is 1. The summed E-state index contributed by atoms with van der Waals surface area (Å²) in [5.41, 5.74) is -1.37.